The number of hydrogen-bond donors (Lipinski definition) is 1. The number of halogens is 1. The maximum Gasteiger partial charge on any atom is 0.277 e. The van der Waals surface area contributed by atoms with Crippen molar-refractivity contribution in [3.63, 3.8) is 0 Å². The van der Waals surface area contributed by atoms with Gasteiger partial charge >= 0.3 is 0 Å². The zero-order valence-electron chi connectivity index (χ0n) is 13.3. The molecule has 6 heteroatoms. The summed E-state index contributed by atoms with van der Waals surface area (Å²) in [6.45, 7) is 0.676. The molecule has 2 aromatic carbocycles. The minimum absolute atomic E-state index is 0.109. The van der Waals surface area contributed by atoms with Crippen molar-refractivity contribution < 1.29 is 4.79 Å². The molecule has 2 heterocycles. The van der Waals surface area contributed by atoms with E-state index in [1.54, 1.807) is 11.0 Å². The zero-order valence-corrected chi connectivity index (χ0v) is 14.9. The largest absolute Gasteiger partial charge is 0.339 e. The molecule has 25 heavy (non-hydrogen) atoms. The van der Waals surface area contributed by atoms with Crippen molar-refractivity contribution in [3.05, 3.63) is 76.7 Å². The first-order valence-electron chi connectivity index (χ1n) is 7.96. The van der Waals surface area contributed by atoms with E-state index in [0.717, 1.165) is 22.3 Å². The molecule has 0 spiro atoms. The summed E-state index contributed by atoms with van der Waals surface area (Å²) in [4.78, 5) is 23.0. The van der Waals surface area contributed by atoms with Crippen LogP contribution in [0.5, 0.6) is 0 Å². The number of nitrogens with one attached hydrogen (secondary N) is 1. The molecule has 1 aliphatic rings. The highest BCUT2D eigenvalue weighted by Gasteiger charge is 2.26. The lowest BCUT2D eigenvalue weighted by Crippen LogP contribution is -2.29. The monoisotopic (exact) mass is 394 g/mol. The summed E-state index contributed by atoms with van der Waals surface area (Å²) < 4.78 is 0.926. The molecule has 0 atom stereocenters. The zero-order chi connectivity index (χ0) is 17.2. The van der Waals surface area contributed by atoms with E-state index in [1.807, 2.05) is 42.5 Å². The van der Waals surface area contributed by atoms with Gasteiger partial charge in [-0.3, -0.25) is 4.79 Å². The summed E-state index contributed by atoms with van der Waals surface area (Å²) >= 11 is 3.49. The minimum Gasteiger partial charge on any atom is -0.339 e. The van der Waals surface area contributed by atoms with Crippen molar-refractivity contribution in [1.29, 1.82) is 0 Å². The Morgan fingerprint density at radius 3 is 2.76 bits per heavy atom. The minimum atomic E-state index is -0.109. The lowest BCUT2D eigenvalue weighted by molar-refractivity contribution is 0.0984. The molecule has 1 aliphatic heterocycles. The lowest BCUT2D eigenvalue weighted by Gasteiger charge is -2.17. The van der Waals surface area contributed by atoms with Gasteiger partial charge < -0.3 is 10.2 Å². The number of carbonyl (C=O) groups excluding carboxylic acids is 1. The van der Waals surface area contributed by atoms with E-state index >= 15 is 0 Å². The van der Waals surface area contributed by atoms with Crippen LogP contribution in [-0.4, -0.2) is 22.4 Å². The summed E-state index contributed by atoms with van der Waals surface area (Å²) in [5.74, 6) is 0.472. The van der Waals surface area contributed by atoms with E-state index < -0.39 is 0 Å². The molecular weight excluding hydrogens is 380 g/mol. The molecule has 1 amide bonds. The third-order valence-electron chi connectivity index (χ3n) is 4.16. The molecule has 5 nitrogen and oxygen atoms in total. The molecule has 3 aromatic rings. The normalized spacial score (nSPS) is 12.8. The van der Waals surface area contributed by atoms with Gasteiger partial charge in [0.1, 0.15) is 17.8 Å². The van der Waals surface area contributed by atoms with Crippen LogP contribution in [0.15, 0.2) is 65.4 Å². The van der Waals surface area contributed by atoms with Crippen LogP contribution in [0, 0.1) is 0 Å². The smallest absolute Gasteiger partial charge is 0.277 e. The fourth-order valence-corrected chi connectivity index (χ4v) is 3.31. The van der Waals surface area contributed by atoms with Crippen molar-refractivity contribution >= 4 is 39.0 Å². The van der Waals surface area contributed by atoms with Crippen molar-refractivity contribution in [1.82, 2.24) is 9.97 Å². The molecule has 0 bridgehead atoms. The van der Waals surface area contributed by atoms with Gasteiger partial charge in [0.25, 0.3) is 5.91 Å². The van der Waals surface area contributed by atoms with E-state index in [9.17, 15) is 4.79 Å². The number of carbonyl (C=O) groups is 1. The van der Waals surface area contributed by atoms with Gasteiger partial charge in [-0.1, -0.05) is 30.3 Å². The summed E-state index contributed by atoms with van der Waals surface area (Å²) in [5.41, 5.74) is 3.41. The topological polar surface area (TPSA) is 58.1 Å². The van der Waals surface area contributed by atoms with E-state index in [-0.39, 0.29) is 5.91 Å². The maximum absolute atomic E-state index is 12.9. The molecule has 0 fully saturated rings. The van der Waals surface area contributed by atoms with Crippen molar-refractivity contribution in [2.45, 2.75) is 6.42 Å². The van der Waals surface area contributed by atoms with Crippen molar-refractivity contribution in [2.75, 3.05) is 16.8 Å². The second-order valence-electron chi connectivity index (χ2n) is 5.73. The van der Waals surface area contributed by atoms with Crippen LogP contribution < -0.4 is 10.2 Å². The van der Waals surface area contributed by atoms with Crippen LogP contribution in [0.4, 0.5) is 17.2 Å². The van der Waals surface area contributed by atoms with Crippen LogP contribution in [0.25, 0.3) is 0 Å². The Labute approximate surface area is 153 Å². The molecule has 4 rings (SSSR count). The number of fused-ring (bicyclic) bond motifs is 1. The second kappa shape index (κ2) is 6.64. The van der Waals surface area contributed by atoms with Gasteiger partial charge in [0.2, 0.25) is 0 Å². The number of para-hydroxylation sites is 2. The quantitative estimate of drug-likeness (QED) is 0.723. The fourth-order valence-electron chi connectivity index (χ4n) is 2.93. The van der Waals surface area contributed by atoms with Crippen LogP contribution in [0.2, 0.25) is 0 Å². The second-order valence-corrected chi connectivity index (χ2v) is 6.58. The van der Waals surface area contributed by atoms with Gasteiger partial charge in [-0.2, -0.15) is 0 Å². The third kappa shape index (κ3) is 3.13. The molecule has 124 valence electrons. The number of amides is 1. The van der Waals surface area contributed by atoms with E-state index in [0.29, 0.717) is 18.1 Å². The summed E-state index contributed by atoms with van der Waals surface area (Å²) in [7, 11) is 0. The van der Waals surface area contributed by atoms with Gasteiger partial charge in [0.15, 0.2) is 0 Å². The van der Waals surface area contributed by atoms with Crippen LogP contribution in [0.1, 0.15) is 16.1 Å². The van der Waals surface area contributed by atoms with Crippen LogP contribution >= 0.6 is 15.9 Å². The number of nitrogens with zero attached hydrogens (tertiary/aromatic N) is 3. The van der Waals surface area contributed by atoms with Crippen LogP contribution in [0.3, 0.4) is 0 Å². The van der Waals surface area contributed by atoms with Gasteiger partial charge in [0, 0.05) is 22.8 Å². The Morgan fingerprint density at radius 1 is 1.08 bits per heavy atom. The third-order valence-corrected chi connectivity index (χ3v) is 4.85. The first kappa shape index (κ1) is 15.8. The Kier molecular flexibility index (Phi) is 4.19. The number of anilines is 3. The molecule has 0 saturated heterocycles. The highest BCUT2D eigenvalue weighted by atomic mass is 79.9. The first-order chi connectivity index (χ1) is 12.2. The van der Waals surface area contributed by atoms with Gasteiger partial charge in [-0.15, -0.1) is 0 Å². The predicted octanol–water partition coefficient (Wildman–Crippen LogP) is 4.19. The van der Waals surface area contributed by atoms with Gasteiger partial charge in [0.05, 0.1) is 5.69 Å². The Morgan fingerprint density at radius 2 is 1.88 bits per heavy atom. The van der Waals surface area contributed by atoms with E-state index in [1.165, 1.54) is 11.9 Å². The lowest BCUT2D eigenvalue weighted by atomic mass is 10.2. The molecule has 0 saturated carbocycles. The van der Waals surface area contributed by atoms with E-state index in [4.69, 9.17) is 0 Å². The highest BCUT2D eigenvalue weighted by Crippen LogP contribution is 2.29. The highest BCUT2D eigenvalue weighted by molar-refractivity contribution is 9.10. The van der Waals surface area contributed by atoms with E-state index in [2.05, 4.69) is 37.3 Å². The number of aromatic nitrogens is 2. The molecule has 1 N–H and O–H groups in total. The average molecular weight is 395 g/mol. The average Bonchev–Trinajstić information content (AvgIpc) is 3.07. The summed E-state index contributed by atoms with van der Waals surface area (Å²) in [6.07, 6.45) is 2.28. The Bertz CT molecular complexity index is 944. The molecule has 0 radical (unpaired) electrons. The molecule has 1 aromatic heterocycles. The van der Waals surface area contributed by atoms with Crippen molar-refractivity contribution in [3.8, 4) is 0 Å². The maximum atomic E-state index is 12.9. The summed E-state index contributed by atoms with van der Waals surface area (Å²) in [5, 5.41) is 3.21. The number of hydrogen-bond acceptors (Lipinski definition) is 4. The molecule has 0 unspecified atom stereocenters. The Hall–Kier alpha value is -2.73. The van der Waals surface area contributed by atoms with Gasteiger partial charge in [-0.05, 0) is 46.1 Å². The SMILES string of the molecule is O=C(c1cc(Nc2ccccc2Br)ncn1)N1CCc2ccccc21. The number of rotatable bonds is 3. The fraction of sp³-hybridized carbons (Fsp3) is 0.105. The van der Waals surface area contributed by atoms with Crippen LogP contribution in [-0.2, 0) is 6.42 Å². The standard InChI is InChI=1S/C19H15BrN4O/c20-14-6-2-3-7-15(14)23-18-11-16(21-12-22-18)19(25)24-10-9-13-5-1-4-8-17(13)24/h1-8,11-12H,9-10H2,(H,21,22,23). The Balaban J connectivity index is 1.60. The molecular formula is C19H15BrN4O. The van der Waals surface area contributed by atoms with Crippen molar-refractivity contribution in [2.24, 2.45) is 0 Å². The summed E-state index contributed by atoms with van der Waals surface area (Å²) in [6, 6.07) is 17.4. The predicted molar refractivity (Wildman–Crippen MR) is 101 cm³/mol. The first-order valence-corrected chi connectivity index (χ1v) is 8.75. The molecule has 0 aliphatic carbocycles. The van der Waals surface area contributed by atoms with Gasteiger partial charge in [-0.25, -0.2) is 9.97 Å². The number of benzene rings is 2.